The van der Waals surface area contributed by atoms with Gasteiger partial charge in [0.25, 0.3) is 0 Å². The van der Waals surface area contributed by atoms with E-state index in [0.29, 0.717) is 21.7 Å². The summed E-state index contributed by atoms with van der Waals surface area (Å²) in [6.07, 6.45) is 1.69. The highest BCUT2D eigenvalue weighted by Gasteiger charge is 2.06. The lowest BCUT2D eigenvalue weighted by Crippen LogP contribution is -1.96. The summed E-state index contributed by atoms with van der Waals surface area (Å²) in [6, 6.07) is 5.27. The molecule has 2 heterocycles. The van der Waals surface area contributed by atoms with Gasteiger partial charge in [0, 0.05) is 12.3 Å². The molecule has 2 N–H and O–H groups in total. The quantitative estimate of drug-likeness (QED) is 0.833. The number of nitrogens with zero attached hydrogens (tertiary/aromatic N) is 3. The molecule has 0 radical (unpaired) electrons. The number of anilines is 1. The summed E-state index contributed by atoms with van der Waals surface area (Å²) in [7, 11) is 0. The zero-order chi connectivity index (χ0) is 11.5. The topological polar surface area (TPSA) is 64.7 Å². The van der Waals surface area contributed by atoms with Crippen LogP contribution in [0.4, 0.5) is 5.82 Å². The molecule has 0 aromatic carbocycles. The van der Waals surface area contributed by atoms with E-state index >= 15 is 0 Å². The summed E-state index contributed by atoms with van der Waals surface area (Å²) >= 11 is 7.36. The van der Waals surface area contributed by atoms with E-state index in [1.165, 1.54) is 11.8 Å². The van der Waals surface area contributed by atoms with Crippen LogP contribution in [0.5, 0.6) is 0 Å². The highest BCUT2D eigenvalue weighted by Crippen LogP contribution is 2.30. The fraction of sp³-hybridized carbons (Fsp3) is 0.100. The van der Waals surface area contributed by atoms with Gasteiger partial charge in [-0.25, -0.2) is 15.0 Å². The van der Waals surface area contributed by atoms with E-state index < -0.39 is 0 Å². The molecule has 0 spiro atoms. The molecule has 0 aliphatic heterocycles. The number of halogens is 1. The second-order valence-electron chi connectivity index (χ2n) is 3.07. The molecular weight excluding hydrogens is 244 g/mol. The zero-order valence-electron chi connectivity index (χ0n) is 8.51. The van der Waals surface area contributed by atoms with Crippen LogP contribution in [0.1, 0.15) is 5.82 Å². The van der Waals surface area contributed by atoms with Gasteiger partial charge in [0.1, 0.15) is 21.7 Å². The van der Waals surface area contributed by atoms with Crippen molar-refractivity contribution < 1.29 is 0 Å². The predicted octanol–water partition coefficient (Wildman–Crippen LogP) is 2.57. The number of nitrogens with two attached hydrogens (primary N) is 1. The third-order valence-electron chi connectivity index (χ3n) is 1.76. The summed E-state index contributed by atoms with van der Waals surface area (Å²) < 4.78 is 0. The van der Waals surface area contributed by atoms with Crippen molar-refractivity contribution in [1.29, 1.82) is 0 Å². The number of pyridine rings is 1. The summed E-state index contributed by atoms with van der Waals surface area (Å²) in [5, 5.41) is 2.05. The van der Waals surface area contributed by atoms with Gasteiger partial charge in [-0.05, 0) is 30.8 Å². The fourth-order valence-electron chi connectivity index (χ4n) is 1.16. The molecule has 4 nitrogen and oxygen atoms in total. The number of nitrogen functional groups attached to an aromatic ring is 1. The predicted molar refractivity (Wildman–Crippen MR) is 64.6 cm³/mol. The second-order valence-corrected chi connectivity index (χ2v) is 4.49. The fourth-order valence-corrected chi connectivity index (χ4v) is 2.23. The highest BCUT2D eigenvalue weighted by atomic mass is 35.5. The Balaban J connectivity index is 2.30. The van der Waals surface area contributed by atoms with Crippen molar-refractivity contribution in [2.75, 3.05) is 5.73 Å². The van der Waals surface area contributed by atoms with E-state index in [4.69, 9.17) is 17.3 Å². The van der Waals surface area contributed by atoms with E-state index in [-0.39, 0.29) is 0 Å². The molecule has 0 aliphatic rings. The van der Waals surface area contributed by atoms with Crippen LogP contribution in [0.25, 0.3) is 0 Å². The van der Waals surface area contributed by atoms with Crippen molar-refractivity contribution in [3.05, 3.63) is 35.2 Å². The van der Waals surface area contributed by atoms with Gasteiger partial charge in [-0.2, -0.15) is 0 Å². The molecule has 6 heteroatoms. The first-order chi connectivity index (χ1) is 7.65. The van der Waals surface area contributed by atoms with Gasteiger partial charge in [-0.15, -0.1) is 0 Å². The van der Waals surface area contributed by atoms with Crippen molar-refractivity contribution in [1.82, 2.24) is 15.0 Å². The lowest BCUT2D eigenvalue weighted by Gasteiger charge is -2.03. The van der Waals surface area contributed by atoms with Crippen LogP contribution in [0.2, 0.25) is 5.02 Å². The average Bonchev–Trinajstić information content (AvgIpc) is 2.20. The van der Waals surface area contributed by atoms with E-state index in [1.807, 2.05) is 0 Å². The summed E-state index contributed by atoms with van der Waals surface area (Å²) in [5.74, 6) is 1.08. The van der Waals surface area contributed by atoms with Crippen LogP contribution in [0, 0.1) is 6.92 Å². The molecule has 2 aromatic heterocycles. The Kier molecular flexibility index (Phi) is 3.26. The summed E-state index contributed by atoms with van der Waals surface area (Å²) in [5.41, 5.74) is 5.63. The third-order valence-corrected chi connectivity index (χ3v) is 3.11. The number of rotatable bonds is 2. The third kappa shape index (κ3) is 2.62. The first-order valence-corrected chi connectivity index (χ1v) is 5.74. The minimum Gasteiger partial charge on any atom is -0.384 e. The van der Waals surface area contributed by atoms with Crippen LogP contribution < -0.4 is 5.73 Å². The van der Waals surface area contributed by atoms with E-state index in [0.717, 1.165) is 5.03 Å². The molecule has 0 amide bonds. The molecule has 2 rings (SSSR count). The molecule has 0 saturated carbocycles. The number of hydrogen-bond donors (Lipinski definition) is 1. The Morgan fingerprint density at radius 1 is 1.38 bits per heavy atom. The summed E-state index contributed by atoms with van der Waals surface area (Å²) in [4.78, 5) is 12.4. The molecule has 82 valence electrons. The zero-order valence-corrected chi connectivity index (χ0v) is 10.1. The smallest absolute Gasteiger partial charge is 0.128 e. The molecule has 0 aliphatic carbocycles. The van der Waals surface area contributed by atoms with Gasteiger partial charge in [-0.3, -0.25) is 0 Å². The average molecular weight is 253 g/mol. The van der Waals surface area contributed by atoms with Crippen LogP contribution in [0.3, 0.4) is 0 Å². The van der Waals surface area contributed by atoms with Crippen molar-refractivity contribution >= 4 is 29.2 Å². The number of hydrogen-bond acceptors (Lipinski definition) is 5. The van der Waals surface area contributed by atoms with Crippen LogP contribution in [-0.2, 0) is 0 Å². The minimum atomic E-state index is 0.446. The lowest BCUT2D eigenvalue weighted by molar-refractivity contribution is 0.971. The maximum absolute atomic E-state index is 6.00. The lowest BCUT2D eigenvalue weighted by atomic mass is 10.5. The van der Waals surface area contributed by atoms with E-state index in [9.17, 15) is 0 Å². The van der Waals surface area contributed by atoms with Crippen molar-refractivity contribution in [3.8, 4) is 0 Å². The van der Waals surface area contributed by atoms with Gasteiger partial charge < -0.3 is 5.73 Å². The molecule has 0 saturated heterocycles. The molecule has 2 aromatic rings. The van der Waals surface area contributed by atoms with Gasteiger partial charge >= 0.3 is 0 Å². The Morgan fingerprint density at radius 3 is 2.88 bits per heavy atom. The van der Waals surface area contributed by atoms with E-state index in [2.05, 4.69) is 15.0 Å². The highest BCUT2D eigenvalue weighted by molar-refractivity contribution is 7.99. The van der Waals surface area contributed by atoms with Crippen molar-refractivity contribution in [2.45, 2.75) is 17.0 Å². The van der Waals surface area contributed by atoms with Gasteiger partial charge in [-0.1, -0.05) is 11.6 Å². The monoisotopic (exact) mass is 252 g/mol. The van der Waals surface area contributed by atoms with Crippen molar-refractivity contribution in [2.24, 2.45) is 0 Å². The van der Waals surface area contributed by atoms with Crippen LogP contribution >= 0.6 is 23.4 Å². The second kappa shape index (κ2) is 4.67. The molecule has 16 heavy (non-hydrogen) atoms. The molecule has 0 bridgehead atoms. The first-order valence-electron chi connectivity index (χ1n) is 4.54. The minimum absolute atomic E-state index is 0.446. The van der Waals surface area contributed by atoms with Gasteiger partial charge in [0.15, 0.2) is 0 Å². The first kappa shape index (κ1) is 11.2. The standard InChI is InChI=1S/C10H9ClN4S/c1-6-14-8(12)5-9(15-6)16-10-7(11)3-2-4-13-10/h2-5H,1H3,(H2,12,14,15). The SMILES string of the molecule is Cc1nc(N)cc(Sc2ncccc2Cl)n1. The van der Waals surface area contributed by atoms with Crippen LogP contribution in [-0.4, -0.2) is 15.0 Å². The molecule has 0 atom stereocenters. The molecular formula is C10H9ClN4S. The molecule has 0 fully saturated rings. The maximum atomic E-state index is 6.00. The molecule has 0 unspecified atom stereocenters. The van der Waals surface area contributed by atoms with Crippen molar-refractivity contribution in [3.63, 3.8) is 0 Å². The summed E-state index contributed by atoms with van der Waals surface area (Å²) in [6.45, 7) is 1.79. The normalized spacial score (nSPS) is 10.4. The van der Waals surface area contributed by atoms with Gasteiger partial charge in [0.2, 0.25) is 0 Å². The Labute approximate surface area is 102 Å². The Hall–Kier alpha value is -1.33. The van der Waals surface area contributed by atoms with E-state index in [1.54, 1.807) is 31.3 Å². The number of aromatic nitrogens is 3. The maximum Gasteiger partial charge on any atom is 0.128 e. The number of aryl methyl sites for hydroxylation is 1. The largest absolute Gasteiger partial charge is 0.384 e. The Morgan fingerprint density at radius 2 is 2.19 bits per heavy atom. The van der Waals surface area contributed by atoms with Crippen LogP contribution in [0.15, 0.2) is 34.4 Å². The van der Waals surface area contributed by atoms with Gasteiger partial charge in [0.05, 0.1) is 5.02 Å². The Bertz CT molecular complexity index is 498.